The maximum Gasteiger partial charge on any atom is 0.244 e. The first-order chi connectivity index (χ1) is 14.3. The summed E-state index contributed by atoms with van der Waals surface area (Å²) >= 11 is 12.0. The van der Waals surface area contributed by atoms with Crippen LogP contribution in [0, 0.1) is 5.92 Å². The number of nitrogens with one attached hydrogen (secondary N) is 1. The number of hydrogen-bond donors (Lipinski definition) is 1. The van der Waals surface area contributed by atoms with Crippen LogP contribution in [-0.4, -0.2) is 43.3 Å². The molecule has 1 amide bonds. The highest BCUT2D eigenvalue weighted by Gasteiger charge is 2.33. The Balaban J connectivity index is 1.59. The van der Waals surface area contributed by atoms with Crippen LogP contribution >= 0.6 is 23.2 Å². The quantitative estimate of drug-likeness (QED) is 0.667. The van der Waals surface area contributed by atoms with Crippen LogP contribution < -0.4 is 10.1 Å². The summed E-state index contributed by atoms with van der Waals surface area (Å²) in [5, 5.41) is 3.33. The lowest BCUT2D eigenvalue weighted by Crippen LogP contribution is -2.43. The Morgan fingerprint density at radius 2 is 2.00 bits per heavy atom. The summed E-state index contributed by atoms with van der Waals surface area (Å²) in [5.74, 6) is 0.122. The number of hydrogen-bond acceptors (Lipinski definition) is 5. The minimum atomic E-state index is -3.77. The van der Waals surface area contributed by atoms with Crippen LogP contribution in [0.15, 0.2) is 41.4 Å². The summed E-state index contributed by atoms with van der Waals surface area (Å²) in [5.41, 5.74) is 0.795. The number of carbonyl (C=O) groups excluding carboxylic acids is 1. The van der Waals surface area contributed by atoms with E-state index in [4.69, 9.17) is 27.9 Å². The third-order valence-corrected chi connectivity index (χ3v) is 7.54. The van der Waals surface area contributed by atoms with E-state index in [1.165, 1.54) is 16.4 Å². The van der Waals surface area contributed by atoms with Crippen molar-refractivity contribution in [3.63, 3.8) is 0 Å². The van der Waals surface area contributed by atoms with E-state index < -0.39 is 10.0 Å². The molecule has 0 saturated carbocycles. The van der Waals surface area contributed by atoms with Crippen molar-refractivity contribution in [2.24, 2.45) is 5.92 Å². The standard InChI is InChI=1S/C20H23Cl2N3O4S/c1-2-29-20-15(4-3-9-23-20)13-24-19(26)14-7-10-25(11-8-14)30(27,28)18-12-16(21)5-6-17(18)22/h3-6,9,12,14H,2,7-8,10-11,13H2,1H3,(H,24,26). The number of carbonyl (C=O) groups is 1. The van der Waals surface area contributed by atoms with Crippen molar-refractivity contribution in [3.05, 3.63) is 52.1 Å². The van der Waals surface area contributed by atoms with Gasteiger partial charge in [-0.15, -0.1) is 0 Å². The zero-order valence-corrected chi connectivity index (χ0v) is 18.8. The predicted octanol–water partition coefficient (Wildman–Crippen LogP) is 3.50. The first kappa shape index (κ1) is 22.8. The van der Waals surface area contributed by atoms with E-state index in [9.17, 15) is 13.2 Å². The highest BCUT2D eigenvalue weighted by Crippen LogP contribution is 2.30. The second-order valence-corrected chi connectivity index (χ2v) is 9.62. The van der Waals surface area contributed by atoms with Gasteiger partial charge in [-0.2, -0.15) is 4.31 Å². The Morgan fingerprint density at radius 1 is 1.27 bits per heavy atom. The largest absolute Gasteiger partial charge is 0.478 e. The molecule has 1 N–H and O–H groups in total. The van der Waals surface area contributed by atoms with E-state index in [-0.39, 0.29) is 34.8 Å². The topological polar surface area (TPSA) is 88.6 Å². The summed E-state index contributed by atoms with van der Waals surface area (Å²) in [4.78, 5) is 16.7. The molecule has 7 nitrogen and oxygen atoms in total. The van der Waals surface area contributed by atoms with Gasteiger partial charge in [0.15, 0.2) is 0 Å². The summed E-state index contributed by atoms with van der Waals surface area (Å²) in [6, 6.07) is 7.99. The number of amides is 1. The minimum Gasteiger partial charge on any atom is -0.478 e. The van der Waals surface area contributed by atoms with Crippen LogP contribution in [0.4, 0.5) is 0 Å². The van der Waals surface area contributed by atoms with Crippen molar-refractivity contribution in [1.82, 2.24) is 14.6 Å². The van der Waals surface area contributed by atoms with Crippen LogP contribution in [-0.2, 0) is 21.4 Å². The average molecular weight is 472 g/mol. The lowest BCUT2D eigenvalue weighted by atomic mass is 9.97. The molecule has 1 saturated heterocycles. The van der Waals surface area contributed by atoms with E-state index in [1.54, 1.807) is 18.3 Å². The van der Waals surface area contributed by atoms with Crippen LogP contribution in [0.5, 0.6) is 5.88 Å². The van der Waals surface area contributed by atoms with Crippen molar-refractivity contribution >= 4 is 39.1 Å². The van der Waals surface area contributed by atoms with E-state index in [2.05, 4.69) is 10.3 Å². The number of piperidine rings is 1. The fraction of sp³-hybridized carbons (Fsp3) is 0.400. The number of rotatable bonds is 7. The molecule has 1 aliphatic rings. The second kappa shape index (κ2) is 9.96. The van der Waals surface area contributed by atoms with Gasteiger partial charge in [0, 0.05) is 42.3 Å². The van der Waals surface area contributed by atoms with Crippen molar-refractivity contribution < 1.29 is 17.9 Å². The number of aromatic nitrogens is 1. The molecular weight excluding hydrogens is 449 g/mol. The van der Waals surface area contributed by atoms with Gasteiger partial charge in [-0.3, -0.25) is 4.79 Å². The third kappa shape index (κ3) is 5.24. The van der Waals surface area contributed by atoms with Crippen LogP contribution in [0.3, 0.4) is 0 Å². The molecule has 0 atom stereocenters. The van der Waals surface area contributed by atoms with E-state index in [0.717, 1.165) is 5.56 Å². The molecular formula is C20H23Cl2N3O4S. The number of sulfonamides is 1. The number of halogens is 2. The fourth-order valence-corrected chi connectivity index (χ4v) is 5.53. The lowest BCUT2D eigenvalue weighted by molar-refractivity contribution is -0.126. The van der Waals surface area contributed by atoms with E-state index >= 15 is 0 Å². The molecule has 0 bridgehead atoms. The zero-order valence-electron chi connectivity index (χ0n) is 16.5. The van der Waals surface area contributed by atoms with Crippen LogP contribution in [0.1, 0.15) is 25.3 Å². The van der Waals surface area contributed by atoms with Crippen LogP contribution in [0.25, 0.3) is 0 Å². The molecule has 0 spiro atoms. The fourth-order valence-electron chi connectivity index (χ4n) is 3.32. The molecule has 30 heavy (non-hydrogen) atoms. The third-order valence-electron chi connectivity index (χ3n) is 4.92. The summed E-state index contributed by atoms with van der Waals surface area (Å²) in [7, 11) is -3.77. The predicted molar refractivity (Wildman–Crippen MR) is 115 cm³/mol. The van der Waals surface area contributed by atoms with E-state index in [1.807, 2.05) is 13.0 Å². The van der Waals surface area contributed by atoms with Crippen molar-refractivity contribution in [2.75, 3.05) is 19.7 Å². The van der Waals surface area contributed by atoms with Gasteiger partial charge >= 0.3 is 0 Å². The minimum absolute atomic E-state index is 0.0143. The number of benzene rings is 1. The van der Waals surface area contributed by atoms with Crippen molar-refractivity contribution in [1.29, 1.82) is 0 Å². The molecule has 2 aromatic rings. The Bertz CT molecular complexity index is 1010. The molecule has 1 aromatic carbocycles. The monoisotopic (exact) mass is 471 g/mol. The van der Waals surface area contributed by atoms with E-state index in [0.29, 0.717) is 36.9 Å². The Kier molecular flexibility index (Phi) is 7.57. The van der Waals surface area contributed by atoms with Crippen molar-refractivity contribution in [3.8, 4) is 5.88 Å². The molecule has 10 heteroatoms. The van der Waals surface area contributed by atoms with Gasteiger partial charge < -0.3 is 10.1 Å². The molecule has 0 aliphatic carbocycles. The molecule has 1 aromatic heterocycles. The average Bonchev–Trinajstić information content (AvgIpc) is 2.75. The number of ether oxygens (including phenoxy) is 1. The number of pyridine rings is 1. The molecule has 1 aliphatic heterocycles. The molecule has 162 valence electrons. The molecule has 3 rings (SSSR count). The van der Waals surface area contributed by atoms with Gasteiger partial charge in [0.25, 0.3) is 0 Å². The van der Waals surface area contributed by atoms with Crippen LogP contribution in [0.2, 0.25) is 10.0 Å². The van der Waals surface area contributed by atoms with Gasteiger partial charge in [-0.05, 0) is 44.0 Å². The lowest BCUT2D eigenvalue weighted by Gasteiger charge is -2.30. The second-order valence-electron chi connectivity index (χ2n) is 6.87. The Labute approximate surface area is 186 Å². The maximum atomic E-state index is 12.9. The summed E-state index contributed by atoms with van der Waals surface area (Å²) in [6.45, 7) is 3.14. The van der Waals surface area contributed by atoms with Gasteiger partial charge in [-0.1, -0.05) is 29.3 Å². The highest BCUT2D eigenvalue weighted by molar-refractivity contribution is 7.89. The smallest absolute Gasteiger partial charge is 0.244 e. The van der Waals surface area contributed by atoms with Gasteiger partial charge in [0.1, 0.15) is 4.90 Å². The normalized spacial score (nSPS) is 15.7. The Morgan fingerprint density at radius 3 is 2.70 bits per heavy atom. The van der Waals surface area contributed by atoms with Gasteiger partial charge in [0.2, 0.25) is 21.8 Å². The SMILES string of the molecule is CCOc1ncccc1CNC(=O)C1CCN(S(=O)(=O)c2cc(Cl)ccc2Cl)CC1. The molecule has 2 heterocycles. The summed E-state index contributed by atoms with van der Waals surface area (Å²) in [6.07, 6.45) is 2.49. The Hall–Kier alpha value is -1.87. The summed E-state index contributed by atoms with van der Waals surface area (Å²) < 4.78 is 32.6. The maximum absolute atomic E-state index is 12.9. The highest BCUT2D eigenvalue weighted by atomic mass is 35.5. The first-order valence-electron chi connectivity index (χ1n) is 9.62. The van der Waals surface area contributed by atoms with Crippen molar-refractivity contribution in [2.45, 2.75) is 31.2 Å². The molecule has 1 fully saturated rings. The van der Waals surface area contributed by atoms with Gasteiger partial charge in [-0.25, -0.2) is 13.4 Å². The van der Waals surface area contributed by atoms with Gasteiger partial charge in [0.05, 0.1) is 11.6 Å². The molecule has 0 radical (unpaired) electrons. The first-order valence-corrected chi connectivity index (χ1v) is 11.8. The number of nitrogens with zero attached hydrogens (tertiary/aromatic N) is 2. The zero-order chi connectivity index (χ0) is 21.7. The molecule has 0 unspecified atom stereocenters.